The van der Waals surface area contributed by atoms with Gasteiger partial charge in [0.2, 0.25) is 0 Å². The van der Waals surface area contributed by atoms with E-state index in [0.717, 1.165) is 32.3 Å². The first-order valence-electron chi connectivity index (χ1n) is 6.87. The standard InChI is InChI=1S/C13H26N2O/c1-2-15(12-6-3-4-7-12)13(10-14)8-5-9-16-11-13/h12H,2-11,14H2,1H3. The van der Waals surface area contributed by atoms with E-state index in [9.17, 15) is 0 Å². The minimum Gasteiger partial charge on any atom is -0.379 e. The lowest BCUT2D eigenvalue weighted by atomic mass is 9.88. The molecule has 0 amide bonds. The second kappa shape index (κ2) is 5.48. The van der Waals surface area contributed by atoms with Gasteiger partial charge in [-0.25, -0.2) is 0 Å². The molecule has 0 aromatic carbocycles. The molecule has 2 fully saturated rings. The third-order valence-electron chi connectivity index (χ3n) is 4.40. The minimum atomic E-state index is 0.141. The predicted octanol–water partition coefficient (Wildman–Crippen LogP) is 1.76. The quantitative estimate of drug-likeness (QED) is 0.794. The van der Waals surface area contributed by atoms with Gasteiger partial charge in [-0.1, -0.05) is 19.8 Å². The van der Waals surface area contributed by atoms with Crippen molar-refractivity contribution in [3.05, 3.63) is 0 Å². The molecule has 3 heteroatoms. The normalized spacial score (nSPS) is 32.4. The predicted molar refractivity (Wildman–Crippen MR) is 66.5 cm³/mol. The van der Waals surface area contributed by atoms with E-state index in [1.807, 2.05) is 0 Å². The molecule has 1 aliphatic heterocycles. The summed E-state index contributed by atoms with van der Waals surface area (Å²) in [6.45, 7) is 5.89. The number of hydrogen-bond acceptors (Lipinski definition) is 3. The van der Waals surface area contributed by atoms with Crippen LogP contribution in [0.2, 0.25) is 0 Å². The molecule has 3 nitrogen and oxygen atoms in total. The van der Waals surface area contributed by atoms with Crippen LogP contribution in [0.15, 0.2) is 0 Å². The average molecular weight is 226 g/mol. The molecule has 1 saturated carbocycles. The van der Waals surface area contributed by atoms with Gasteiger partial charge in [-0.3, -0.25) is 4.90 Å². The first kappa shape index (κ1) is 12.3. The topological polar surface area (TPSA) is 38.5 Å². The molecule has 1 unspecified atom stereocenters. The Hall–Kier alpha value is -0.120. The molecule has 1 saturated heterocycles. The molecule has 2 rings (SSSR count). The van der Waals surface area contributed by atoms with Crippen molar-refractivity contribution < 1.29 is 4.74 Å². The minimum absolute atomic E-state index is 0.141. The maximum absolute atomic E-state index is 6.06. The van der Waals surface area contributed by atoms with Gasteiger partial charge in [-0.2, -0.15) is 0 Å². The Morgan fingerprint density at radius 2 is 2.06 bits per heavy atom. The zero-order valence-electron chi connectivity index (χ0n) is 10.6. The second-order valence-electron chi connectivity index (χ2n) is 5.31. The average Bonchev–Trinajstić information content (AvgIpc) is 2.85. The van der Waals surface area contributed by atoms with Crippen molar-refractivity contribution in [1.29, 1.82) is 0 Å². The summed E-state index contributed by atoms with van der Waals surface area (Å²) >= 11 is 0. The Balaban J connectivity index is 2.08. The molecule has 1 atom stereocenters. The van der Waals surface area contributed by atoms with Crippen LogP contribution >= 0.6 is 0 Å². The van der Waals surface area contributed by atoms with Gasteiger partial charge in [0.15, 0.2) is 0 Å². The van der Waals surface area contributed by atoms with Crippen LogP contribution in [0.25, 0.3) is 0 Å². The van der Waals surface area contributed by atoms with Crippen molar-refractivity contribution >= 4 is 0 Å². The zero-order chi connectivity index (χ0) is 11.4. The lowest BCUT2D eigenvalue weighted by Crippen LogP contribution is -2.61. The van der Waals surface area contributed by atoms with E-state index in [1.165, 1.54) is 38.5 Å². The van der Waals surface area contributed by atoms with E-state index in [4.69, 9.17) is 10.5 Å². The summed E-state index contributed by atoms with van der Waals surface area (Å²) in [4.78, 5) is 2.65. The Labute approximate surface area is 99.3 Å². The molecule has 0 aromatic heterocycles. The highest BCUT2D eigenvalue weighted by Crippen LogP contribution is 2.33. The number of ether oxygens (including phenoxy) is 1. The number of nitrogens with two attached hydrogens (primary N) is 1. The number of likely N-dealkylation sites (N-methyl/N-ethyl adjacent to an activating group) is 1. The molecule has 0 bridgehead atoms. The molecule has 94 valence electrons. The van der Waals surface area contributed by atoms with Gasteiger partial charge in [0.1, 0.15) is 0 Å². The number of rotatable bonds is 4. The third-order valence-corrected chi connectivity index (χ3v) is 4.40. The first-order chi connectivity index (χ1) is 7.82. The molecule has 1 heterocycles. The van der Waals surface area contributed by atoms with E-state index < -0.39 is 0 Å². The molecular weight excluding hydrogens is 200 g/mol. The fourth-order valence-corrected chi connectivity index (χ4v) is 3.54. The van der Waals surface area contributed by atoms with Crippen molar-refractivity contribution in [3.8, 4) is 0 Å². The summed E-state index contributed by atoms with van der Waals surface area (Å²) in [5.41, 5.74) is 6.20. The Bertz CT molecular complexity index is 208. The molecule has 0 radical (unpaired) electrons. The fraction of sp³-hybridized carbons (Fsp3) is 1.00. The van der Waals surface area contributed by atoms with Crippen molar-refractivity contribution in [2.75, 3.05) is 26.3 Å². The first-order valence-corrected chi connectivity index (χ1v) is 6.87. The number of nitrogens with zero attached hydrogens (tertiary/aromatic N) is 1. The smallest absolute Gasteiger partial charge is 0.0662 e. The van der Waals surface area contributed by atoms with Crippen LogP contribution in [0.3, 0.4) is 0 Å². The SMILES string of the molecule is CCN(C1CCCC1)C1(CN)CCCOC1. The molecule has 2 aliphatic rings. The van der Waals surface area contributed by atoms with E-state index in [2.05, 4.69) is 11.8 Å². The van der Waals surface area contributed by atoms with E-state index in [0.29, 0.717) is 0 Å². The van der Waals surface area contributed by atoms with Crippen LogP contribution in [0.4, 0.5) is 0 Å². The summed E-state index contributed by atoms with van der Waals surface area (Å²) in [6, 6.07) is 0.759. The van der Waals surface area contributed by atoms with E-state index in [1.54, 1.807) is 0 Å². The molecule has 16 heavy (non-hydrogen) atoms. The maximum Gasteiger partial charge on any atom is 0.0662 e. The fourth-order valence-electron chi connectivity index (χ4n) is 3.54. The molecule has 1 aliphatic carbocycles. The van der Waals surface area contributed by atoms with Crippen LogP contribution in [-0.4, -0.2) is 42.8 Å². The van der Waals surface area contributed by atoms with Gasteiger partial charge in [0, 0.05) is 19.2 Å². The van der Waals surface area contributed by atoms with Gasteiger partial charge in [0.25, 0.3) is 0 Å². The summed E-state index contributed by atoms with van der Waals surface area (Å²) in [6.07, 6.45) is 7.88. The summed E-state index contributed by atoms with van der Waals surface area (Å²) in [5, 5.41) is 0. The lowest BCUT2D eigenvalue weighted by molar-refractivity contribution is -0.0600. The Morgan fingerprint density at radius 1 is 1.31 bits per heavy atom. The van der Waals surface area contributed by atoms with Crippen molar-refractivity contribution in [2.45, 2.75) is 57.0 Å². The van der Waals surface area contributed by atoms with E-state index >= 15 is 0 Å². The second-order valence-corrected chi connectivity index (χ2v) is 5.31. The van der Waals surface area contributed by atoms with E-state index in [-0.39, 0.29) is 5.54 Å². The van der Waals surface area contributed by atoms with Crippen molar-refractivity contribution in [1.82, 2.24) is 4.90 Å². The van der Waals surface area contributed by atoms with Crippen LogP contribution in [0.5, 0.6) is 0 Å². The molecule has 2 N–H and O–H groups in total. The summed E-state index contributed by atoms with van der Waals surface area (Å²) < 4.78 is 5.70. The lowest BCUT2D eigenvalue weighted by Gasteiger charge is -2.48. The van der Waals surface area contributed by atoms with Gasteiger partial charge in [-0.15, -0.1) is 0 Å². The Morgan fingerprint density at radius 3 is 2.56 bits per heavy atom. The van der Waals surface area contributed by atoms with Crippen molar-refractivity contribution in [3.63, 3.8) is 0 Å². The molecule has 0 aromatic rings. The van der Waals surface area contributed by atoms with Crippen LogP contribution in [0.1, 0.15) is 45.4 Å². The summed E-state index contributed by atoms with van der Waals surface area (Å²) in [5.74, 6) is 0. The zero-order valence-corrected chi connectivity index (χ0v) is 10.6. The largest absolute Gasteiger partial charge is 0.379 e. The van der Waals surface area contributed by atoms with Crippen LogP contribution in [-0.2, 0) is 4.74 Å². The van der Waals surface area contributed by atoms with Gasteiger partial charge in [0.05, 0.1) is 12.1 Å². The monoisotopic (exact) mass is 226 g/mol. The van der Waals surface area contributed by atoms with Gasteiger partial charge >= 0.3 is 0 Å². The number of hydrogen-bond donors (Lipinski definition) is 1. The van der Waals surface area contributed by atoms with Crippen LogP contribution < -0.4 is 5.73 Å². The molecule has 0 spiro atoms. The molecular formula is C13H26N2O. The van der Waals surface area contributed by atoms with Gasteiger partial charge in [-0.05, 0) is 32.2 Å². The highest BCUT2D eigenvalue weighted by atomic mass is 16.5. The van der Waals surface area contributed by atoms with Crippen molar-refractivity contribution in [2.24, 2.45) is 5.73 Å². The highest BCUT2D eigenvalue weighted by Gasteiger charge is 2.40. The summed E-state index contributed by atoms with van der Waals surface area (Å²) in [7, 11) is 0. The third kappa shape index (κ3) is 2.27. The Kier molecular flexibility index (Phi) is 4.22. The van der Waals surface area contributed by atoms with Gasteiger partial charge < -0.3 is 10.5 Å². The maximum atomic E-state index is 6.06. The van der Waals surface area contributed by atoms with Crippen LogP contribution in [0, 0.1) is 0 Å². The highest BCUT2D eigenvalue weighted by molar-refractivity contribution is 4.97.